The van der Waals surface area contributed by atoms with Crippen LogP contribution in [0.3, 0.4) is 0 Å². The molecule has 2 fully saturated rings. The predicted molar refractivity (Wildman–Crippen MR) is 79.2 cm³/mol. The predicted octanol–water partition coefficient (Wildman–Crippen LogP) is 1.92. The molecule has 1 aromatic carbocycles. The zero-order chi connectivity index (χ0) is 13.4. The summed E-state index contributed by atoms with van der Waals surface area (Å²) in [6.07, 6.45) is 0. The van der Waals surface area contributed by atoms with Crippen LogP contribution in [0, 0.1) is 0 Å². The van der Waals surface area contributed by atoms with E-state index in [2.05, 4.69) is 5.32 Å². The van der Waals surface area contributed by atoms with E-state index >= 15 is 0 Å². The lowest BCUT2D eigenvalue weighted by Gasteiger charge is -2.23. The number of rotatable bonds is 3. The molecule has 2 atom stereocenters. The third-order valence-electron chi connectivity index (χ3n) is 3.24. The van der Waals surface area contributed by atoms with Crippen molar-refractivity contribution in [3.63, 3.8) is 0 Å². The third kappa shape index (κ3) is 2.19. The molecule has 1 unspecified atom stereocenters. The molecule has 2 heterocycles. The zero-order valence-electron chi connectivity index (χ0n) is 10.5. The van der Waals surface area contributed by atoms with E-state index in [4.69, 9.17) is 17.0 Å². The lowest BCUT2D eigenvalue weighted by atomic mass is 10.2. The Morgan fingerprint density at radius 1 is 1.47 bits per heavy atom. The van der Waals surface area contributed by atoms with Gasteiger partial charge in [-0.2, -0.15) is 0 Å². The van der Waals surface area contributed by atoms with Gasteiger partial charge in [-0.3, -0.25) is 4.79 Å². The molecule has 0 aromatic heterocycles. The quantitative estimate of drug-likeness (QED) is 0.863. The highest BCUT2D eigenvalue weighted by molar-refractivity contribution is 7.99. The van der Waals surface area contributed by atoms with Crippen LogP contribution >= 0.6 is 24.0 Å². The average Bonchev–Trinajstić information content (AvgIpc) is 2.94. The Bertz CT molecular complexity index is 518. The molecule has 4 nitrogen and oxygen atoms in total. The van der Waals surface area contributed by atoms with E-state index in [1.807, 2.05) is 36.1 Å². The summed E-state index contributed by atoms with van der Waals surface area (Å²) in [7, 11) is 0. The summed E-state index contributed by atoms with van der Waals surface area (Å²) < 4.78 is 5.44. The first kappa shape index (κ1) is 12.7. The summed E-state index contributed by atoms with van der Waals surface area (Å²) in [5.74, 6) is 1.67. The van der Waals surface area contributed by atoms with Gasteiger partial charge in [-0.05, 0) is 36.8 Å². The van der Waals surface area contributed by atoms with E-state index in [-0.39, 0.29) is 17.3 Å². The fraction of sp³-hybridized carbons (Fsp3) is 0.385. The van der Waals surface area contributed by atoms with E-state index in [0.717, 1.165) is 17.1 Å². The average molecular weight is 294 g/mol. The number of carbonyl (C=O) groups excluding carboxylic acids is 1. The number of fused-ring (bicyclic) bond motifs is 1. The summed E-state index contributed by atoms with van der Waals surface area (Å²) in [4.78, 5) is 13.7. The topological polar surface area (TPSA) is 41.6 Å². The van der Waals surface area contributed by atoms with Crippen LogP contribution in [0.5, 0.6) is 5.75 Å². The first-order valence-electron chi connectivity index (χ1n) is 6.18. The van der Waals surface area contributed by atoms with Crippen molar-refractivity contribution in [2.45, 2.75) is 18.3 Å². The smallest absolute Gasteiger partial charge is 0.249 e. The van der Waals surface area contributed by atoms with Crippen molar-refractivity contribution >= 4 is 35.0 Å². The van der Waals surface area contributed by atoms with Gasteiger partial charge in [-0.1, -0.05) is 12.1 Å². The van der Waals surface area contributed by atoms with Crippen molar-refractivity contribution in [2.24, 2.45) is 0 Å². The van der Waals surface area contributed by atoms with Gasteiger partial charge in [0.25, 0.3) is 0 Å². The molecular weight excluding hydrogens is 280 g/mol. The Morgan fingerprint density at radius 3 is 2.89 bits per heavy atom. The van der Waals surface area contributed by atoms with E-state index < -0.39 is 0 Å². The van der Waals surface area contributed by atoms with Crippen LogP contribution in [0.1, 0.15) is 17.9 Å². The minimum atomic E-state index is -0.117. The van der Waals surface area contributed by atoms with Crippen molar-refractivity contribution in [2.75, 3.05) is 12.4 Å². The SMILES string of the molecule is CCOc1ccc(C2SC[C@H]3C(=O)NC(=S)N23)cc1. The maximum Gasteiger partial charge on any atom is 0.249 e. The molecule has 6 heteroatoms. The van der Waals surface area contributed by atoms with Gasteiger partial charge in [0, 0.05) is 5.75 Å². The minimum absolute atomic E-state index is 0.0194. The van der Waals surface area contributed by atoms with E-state index in [0.29, 0.717) is 11.7 Å². The van der Waals surface area contributed by atoms with Gasteiger partial charge in [-0.25, -0.2) is 0 Å². The second-order valence-corrected chi connectivity index (χ2v) is 5.91. The number of hydrogen-bond acceptors (Lipinski definition) is 4. The van der Waals surface area contributed by atoms with Crippen molar-refractivity contribution in [1.82, 2.24) is 10.2 Å². The number of benzene rings is 1. The summed E-state index contributed by atoms with van der Waals surface area (Å²) in [5, 5.41) is 3.39. The molecule has 0 radical (unpaired) electrons. The molecule has 0 saturated carbocycles. The lowest BCUT2D eigenvalue weighted by Crippen LogP contribution is -2.32. The Hall–Kier alpha value is -1.27. The maximum absolute atomic E-state index is 11.7. The number of thiocarbonyl (C=S) groups is 1. The molecule has 100 valence electrons. The van der Waals surface area contributed by atoms with Gasteiger partial charge in [0.15, 0.2) is 5.11 Å². The summed E-state index contributed by atoms with van der Waals surface area (Å²) in [5.41, 5.74) is 1.15. The standard InChI is InChI=1S/C13H14N2O2S2/c1-2-17-9-5-3-8(4-6-9)12-15-10(7-19-12)11(16)14-13(15)18/h3-6,10,12H,2,7H2,1H3,(H,14,16,18)/t10-,12?/m0/s1. The molecule has 2 aliphatic rings. The van der Waals surface area contributed by atoms with Gasteiger partial charge >= 0.3 is 0 Å². The van der Waals surface area contributed by atoms with Crippen LogP contribution in [0.2, 0.25) is 0 Å². The Balaban J connectivity index is 1.83. The fourth-order valence-electron chi connectivity index (χ4n) is 2.36. The monoisotopic (exact) mass is 294 g/mol. The molecule has 2 aliphatic heterocycles. The van der Waals surface area contributed by atoms with Gasteiger partial charge in [-0.15, -0.1) is 11.8 Å². The summed E-state index contributed by atoms with van der Waals surface area (Å²) in [6.45, 7) is 2.62. The Morgan fingerprint density at radius 2 is 2.21 bits per heavy atom. The second-order valence-electron chi connectivity index (χ2n) is 4.41. The van der Waals surface area contributed by atoms with Crippen molar-refractivity contribution in [3.8, 4) is 5.75 Å². The van der Waals surface area contributed by atoms with Gasteiger partial charge < -0.3 is 15.0 Å². The zero-order valence-corrected chi connectivity index (χ0v) is 12.1. The number of thioether (sulfide) groups is 1. The molecule has 19 heavy (non-hydrogen) atoms. The van der Waals surface area contributed by atoms with Crippen molar-refractivity contribution in [1.29, 1.82) is 0 Å². The largest absolute Gasteiger partial charge is 0.494 e. The van der Waals surface area contributed by atoms with Crippen LogP contribution in [0.15, 0.2) is 24.3 Å². The summed E-state index contributed by atoms with van der Waals surface area (Å²) in [6, 6.07) is 7.88. The van der Waals surface area contributed by atoms with Gasteiger partial charge in [0.1, 0.15) is 17.2 Å². The highest BCUT2D eigenvalue weighted by atomic mass is 32.2. The number of carbonyl (C=O) groups is 1. The highest BCUT2D eigenvalue weighted by Crippen LogP contribution is 2.43. The first-order valence-corrected chi connectivity index (χ1v) is 7.64. The van der Waals surface area contributed by atoms with Crippen LogP contribution < -0.4 is 10.1 Å². The van der Waals surface area contributed by atoms with Crippen LogP contribution in [-0.4, -0.2) is 34.3 Å². The Labute approximate surface area is 121 Å². The third-order valence-corrected chi connectivity index (χ3v) is 4.88. The number of hydrogen-bond donors (Lipinski definition) is 1. The highest BCUT2D eigenvalue weighted by Gasteiger charge is 2.45. The lowest BCUT2D eigenvalue weighted by molar-refractivity contribution is -0.120. The summed E-state index contributed by atoms with van der Waals surface area (Å²) >= 11 is 6.99. The molecule has 1 amide bonds. The minimum Gasteiger partial charge on any atom is -0.494 e. The molecule has 0 spiro atoms. The van der Waals surface area contributed by atoms with Crippen LogP contribution in [0.25, 0.3) is 0 Å². The number of nitrogens with one attached hydrogen (secondary N) is 1. The fourth-order valence-corrected chi connectivity index (χ4v) is 4.20. The molecule has 1 aromatic rings. The van der Waals surface area contributed by atoms with E-state index in [1.54, 1.807) is 11.8 Å². The maximum atomic E-state index is 11.7. The molecular formula is C13H14N2O2S2. The van der Waals surface area contributed by atoms with E-state index in [9.17, 15) is 4.79 Å². The molecule has 3 rings (SSSR count). The first-order chi connectivity index (χ1) is 9.20. The Kier molecular flexibility index (Phi) is 3.36. The number of nitrogens with zero attached hydrogens (tertiary/aromatic N) is 1. The van der Waals surface area contributed by atoms with Gasteiger partial charge in [0.2, 0.25) is 5.91 Å². The molecule has 1 N–H and O–H groups in total. The molecule has 2 saturated heterocycles. The van der Waals surface area contributed by atoms with Crippen LogP contribution in [0.4, 0.5) is 0 Å². The van der Waals surface area contributed by atoms with E-state index in [1.165, 1.54) is 0 Å². The molecule has 0 aliphatic carbocycles. The second kappa shape index (κ2) is 5.02. The van der Waals surface area contributed by atoms with Gasteiger partial charge in [0.05, 0.1) is 6.61 Å². The normalized spacial score (nSPS) is 25.4. The molecule has 0 bridgehead atoms. The van der Waals surface area contributed by atoms with Crippen LogP contribution in [-0.2, 0) is 4.79 Å². The van der Waals surface area contributed by atoms with Crippen molar-refractivity contribution < 1.29 is 9.53 Å². The number of ether oxygens (including phenoxy) is 1. The number of amides is 1. The van der Waals surface area contributed by atoms with Crippen molar-refractivity contribution in [3.05, 3.63) is 29.8 Å².